The quantitative estimate of drug-likeness (QED) is 0.900. The number of likely N-dealkylation sites (N-methyl/N-ethyl adjacent to an activating group) is 1. The van der Waals surface area contributed by atoms with Crippen LogP contribution in [0.3, 0.4) is 0 Å². The molecule has 4 heteroatoms. The van der Waals surface area contributed by atoms with Crippen molar-refractivity contribution < 1.29 is 0 Å². The van der Waals surface area contributed by atoms with Gasteiger partial charge in [-0.25, -0.2) is 4.98 Å². The van der Waals surface area contributed by atoms with Crippen LogP contribution in [-0.4, -0.2) is 18.6 Å². The van der Waals surface area contributed by atoms with Crippen molar-refractivity contribution in [1.29, 1.82) is 0 Å². The van der Waals surface area contributed by atoms with E-state index in [0.29, 0.717) is 0 Å². The fourth-order valence-corrected chi connectivity index (χ4v) is 2.44. The Labute approximate surface area is 112 Å². The van der Waals surface area contributed by atoms with Crippen LogP contribution in [0.5, 0.6) is 0 Å². The molecule has 2 aromatic heterocycles. The Hall–Kier alpha value is -1.39. The first-order valence-corrected chi connectivity index (χ1v) is 7.00. The molecule has 2 aromatic rings. The Kier molecular flexibility index (Phi) is 4.33. The summed E-state index contributed by atoms with van der Waals surface area (Å²) in [6.07, 6.45) is 2.92. The van der Waals surface area contributed by atoms with E-state index in [2.05, 4.69) is 40.5 Å². The highest BCUT2D eigenvalue weighted by Crippen LogP contribution is 2.15. The van der Waals surface area contributed by atoms with Gasteiger partial charge in [-0.15, -0.1) is 11.3 Å². The molecule has 0 radical (unpaired) electrons. The summed E-state index contributed by atoms with van der Waals surface area (Å²) in [6.45, 7) is 2.95. The zero-order chi connectivity index (χ0) is 13.0. The maximum atomic E-state index is 5.81. The zero-order valence-electron chi connectivity index (χ0n) is 10.8. The van der Waals surface area contributed by atoms with Crippen LogP contribution in [0.15, 0.2) is 35.8 Å². The number of hydrogen-bond acceptors (Lipinski definition) is 4. The second-order valence-electron chi connectivity index (χ2n) is 4.49. The molecule has 0 aromatic carbocycles. The Morgan fingerprint density at radius 3 is 2.78 bits per heavy atom. The van der Waals surface area contributed by atoms with E-state index in [4.69, 9.17) is 5.73 Å². The number of hydrogen-bond donors (Lipinski definition) is 1. The molecule has 0 aliphatic heterocycles. The third kappa shape index (κ3) is 3.31. The van der Waals surface area contributed by atoms with Crippen LogP contribution < -0.4 is 10.6 Å². The molecule has 0 fully saturated rings. The Bertz CT molecular complexity index is 462. The minimum Gasteiger partial charge on any atom is -0.359 e. The van der Waals surface area contributed by atoms with Crippen LogP contribution in [0.25, 0.3) is 0 Å². The molecular weight excluding hydrogens is 242 g/mol. The number of rotatable bonds is 5. The fraction of sp³-hybridized carbons (Fsp3) is 0.357. The van der Waals surface area contributed by atoms with Gasteiger partial charge in [0.2, 0.25) is 0 Å². The maximum Gasteiger partial charge on any atom is 0.128 e. The van der Waals surface area contributed by atoms with Gasteiger partial charge >= 0.3 is 0 Å². The number of nitrogens with zero attached hydrogens (tertiary/aromatic N) is 2. The second-order valence-corrected chi connectivity index (χ2v) is 5.52. The lowest BCUT2D eigenvalue weighted by atomic mass is 10.1. The van der Waals surface area contributed by atoms with Gasteiger partial charge in [0.25, 0.3) is 0 Å². The first-order chi connectivity index (χ1) is 8.66. The van der Waals surface area contributed by atoms with Crippen LogP contribution in [0.2, 0.25) is 0 Å². The van der Waals surface area contributed by atoms with Crippen LogP contribution in [0.4, 0.5) is 5.82 Å². The van der Waals surface area contributed by atoms with E-state index in [1.807, 2.05) is 19.2 Å². The lowest BCUT2D eigenvalue weighted by molar-refractivity contribution is 0.806. The van der Waals surface area contributed by atoms with Gasteiger partial charge in [0, 0.05) is 30.7 Å². The number of nitrogens with two attached hydrogens (primary N) is 1. The first kappa shape index (κ1) is 13.1. The number of aromatic nitrogens is 1. The van der Waals surface area contributed by atoms with E-state index in [1.54, 1.807) is 11.3 Å². The monoisotopic (exact) mass is 261 g/mol. The van der Waals surface area contributed by atoms with Crippen molar-refractivity contribution in [3.8, 4) is 0 Å². The molecular formula is C14H19N3S. The minimum atomic E-state index is 0.0444. The fourth-order valence-electron chi connectivity index (χ4n) is 1.74. The summed E-state index contributed by atoms with van der Waals surface area (Å²) >= 11 is 1.80. The van der Waals surface area contributed by atoms with Crippen molar-refractivity contribution in [3.63, 3.8) is 0 Å². The molecule has 0 unspecified atom stereocenters. The molecule has 0 amide bonds. The molecule has 2 heterocycles. The SMILES string of the molecule is C[C@@H](N)c1ccc(N(C)CCc2cccs2)nc1. The van der Waals surface area contributed by atoms with E-state index < -0.39 is 0 Å². The summed E-state index contributed by atoms with van der Waals surface area (Å²) in [5, 5.41) is 2.12. The highest BCUT2D eigenvalue weighted by molar-refractivity contribution is 7.09. The van der Waals surface area contributed by atoms with Crippen molar-refractivity contribution in [1.82, 2.24) is 4.98 Å². The molecule has 2 rings (SSSR count). The molecule has 0 bridgehead atoms. The Morgan fingerprint density at radius 1 is 1.39 bits per heavy atom. The van der Waals surface area contributed by atoms with Gasteiger partial charge in [-0.3, -0.25) is 0 Å². The summed E-state index contributed by atoms with van der Waals surface area (Å²) < 4.78 is 0. The van der Waals surface area contributed by atoms with Crippen molar-refractivity contribution in [2.24, 2.45) is 5.73 Å². The van der Waals surface area contributed by atoms with Gasteiger partial charge in [-0.05, 0) is 36.4 Å². The molecule has 2 N–H and O–H groups in total. The van der Waals surface area contributed by atoms with Gasteiger partial charge in [0.1, 0.15) is 5.82 Å². The van der Waals surface area contributed by atoms with Gasteiger partial charge in [0.15, 0.2) is 0 Å². The van der Waals surface area contributed by atoms with Gasteiger partial charge in [0.05, 0.1) is 0 Å². The third-order valence-corrected chi connectivity index (χ3v) is 3.90. The lowest BCUT2D eigenvalue weighted by Crippen LogP contribution is -2.21. The number of thiophene rings is 1. The smallest absolute Gasteiger partial charge is 0.128 e. The summed E-state index contributed by atoms with van der Waals surface area (Å²) in [6, 6.07) is 8.39. The molecule has 18 heavy (non-hydrogen) atoms. The number of anilines is 1. The predicted molar refractivity (Wildman–Crippen MR) is 78.1 cm³/mol. The van der Waals surface area contributed by atoms with Crippen LogP contribution in [0.1, 0.15) is 23.4 Å². The van der Waals surface area contributed by atoms with Gasteiger partial charge in [-0.2, -0.15) is 0 Å². The normalized spacial score (nSPS) is 12.4. The van der Waals surface area contributed by atoms with E-state index >= 15 is 0 Å². The molecule has 0 saturated carbocycles. The highest BCUT2D eigenvalue weighted by atomic mass is 32.1. The average molecular weight is 261 g/mol. The van der Waals surface area contributed by atoms with Crippen LogP contribution in [0, 0.1) is 0 Å². The predicted octanol–water partition coefficient (Wildman–Crippen LogP) is 2.84. The average Bonchev–Trinajstić information content (AvgIpc) is 2.89. The van der Waals surface area contributed by atoms with Crippen molar-refractivity contribution in [2.75, 3.05) is 18.5 Å². The lowest BCUT2D eigenvalue weighted by Gasteiger charge is -2.18. The molecule has 0 spiro atoms. The zero-order valence-corrected chi connectivity index (χ0v) is 11.7. The van der Waals surface area contributed by atoms with E-state index in [-0.39, 0.29) is 6.04 Å². The third-order valence-electron chi connectivity index (χ3n) is 2.96. The summed E-state index contributed by atoms with van der Waals surface area (Å²) in [7, 11) is 2.07. The molecule has 1 atom stereocenters. The minimum absolute atomic E-state index is 0.0444. The van der Waals surface area contributed by atoms with E-state index in [9.17, 15) is 0 Å². The first-order valence-electron chi connectivity index (χ1n) is 6.12. The Morgan fingerprint density at radius 2 is 2.22 bits per heavy atom. The summed E-state index contributed by atoms with van der Waals surface area (Å²) in [5.74, 6) is 0.996. The van der Waals surface area contributed by atoms with Crippen LogP contribution >= 0.6 is 11.3 Å². The second kappa shape index (κ2) is 5.98. The highest BCUT2D eigenvalue weighted by Gasteiger charge is 2.05. The topological polar surface area (TPSA) is 42.1 Å². The van der Waals surface area contributed by atoms with Gasteiger partial charge < -0.3 is 10.6 Å². The van der Waals surface area contributed by atoms with Gasteiger partial charge in [-0.1, -0.05) is 12.1 Å². The summed E-state index contributed by atoms with van der Waals surface area (Å²) in [5.41, 5.74) is 6.88. The number of pyridine rings is 1. The molecule has 3 nitrogen and oxygen atoms in total. The Balaban J connectivity index is 1.94. The molecule has 0 aliphatic carbocycles. The van der Waals surface area contributed by atoms with E-state index in [0.717, 1.165) is 24.3 Å². The molecule has 0 saturated heterocycles. The van der Waals surface area contributed by atoms with Crippen molar-refractivity contribution in [2.45, 2.75) is 19.4 Å². The van der Waals surface area contributed by atoms with Crippen LogP contribution in [-0.2, 0) is 6.42 Å². The summed E-state index contributed by atoms with van der Waals surface area (Å²) in [4.78, 5) is 8.03. The maximum absolute atomic E-state index is 5.81. The molecule has 0 aliphatic rings. The van der Waals surface area contributed by atoms with Crippen molar-refractivity contribution in [3.05, 3.63) is 46.3 Å². The molecule has 96 valence electrons. The van der Waals surface area contributed by atoms with E-state index in [1.165, 1.54) is 4.88 Å². The largest absolute Gasteiger partial charge is 0.359 e. The van der Waals surface area contributed by atoms with Crippen molar-refractivity contribution >= 4 is 17.2 Å². The standard InChI is InChI=1S/C14H19N3S/c1-11(15)12-5-6-14(16-10-12)17(2)8-7-13-4-3-9-18-13/h3-6,9-11H,7-8,15H2,1-2H3/t11-/m1/s1.